The van der Waals surface area contributed by atoms with Crippen LogP contribution in [0, 0.1) is 0 Å². The first kappa shape index (κ1) is 11.1. The fraction of sp³-hybridized carbons (Fsp3) is 0.0625. The molecule has 20 heavy (non-hydrogen) atoms. The van der Waals surface area contributed by atoms with Gasteiger partial charge in [0.1, 0.15) is 5.65 Å². The largest absolute Gasteiger partial charge is 0.397 e. The zero-order valence-corrected chi connectivity index (χ0v) is 10.9. The molecule has 0 atom stereocenters. The molecule has 1 aliphatic rings. The van der Waals surface area contributed by atoms with Gasteiger partial charge < -0.3 is 16.0 Å². The third kappa shape index (κ3) is 1.58. The van der Waals surface area contributed by atoms with Crippen molar-refractivity contribution in [2.24, 2.45) is 0 Å². The molecule has 4 nitrogen and oxygen atoms in total. The predicted molar refractivity (Wildman–Crippen MR) is 83.3 cm³/mol. The van der Waals surface area contributed by atoms with Gasteiger partial charge >= 0.3 is 0 Å². The van der Waals surface area contributed by atoms with Crippen LogP contribution in [-0.2, 0) is 0 Å². The summed E-state index contributed by atoms with van der Waals surface area (Å²) in [6.45, 7) is 0.802. The molecule has 4 heteroatoms. The number of anilines is 2. The molecule has 3 aromatic rings. The molecule has 0 spiro atoms. The van der Waals surface area contributed by atoms with E-state index >= 15 is 0 Å². The Bertz CT molecular complexity index is 829. The van der Waals surface area contributed by atoms with Gasteiger partial charge in [-0.2, -0.15) is 0 Å². The Morgan fingerprint density at radius 2 is 2.15 bits per heavy atom. The third-order valence-corrected chi connectivity index (χ3v) is 3.71. The van der Waals surface area contributed by atoms with Crippen LogP contribution in [0.4, 0.5) is 11.4 Å². The summed E-state index contributed by atoms with van der Waals surface area (Å²) in [7, 11) is 0. The highest BCUT2D eigenvalue weighted by Crippen LogP contribution is 2.36. The zero-order chi connectivity index (χ0) is 13.5. The number of nitrogens with zero attached hydrogens (tertiary/aromatic N) is 1. The van der Waals surface area contributed by atoms with Gasteiger partial charge in [0.05, 0.1) is 11.4 Å². The molecule has 0 amide bonds. The standard InChI is InChI=1S/C16H14N4/c17-14-5-1-3-12-10(8-19-15(12)14)7-11-9-20-16-13(11)4-2-6-18-16/h1-7,9,19H,8,17H2,(H,18,20). The average Bonchev–Trinajstić information content (AvgIpc) is 3.06. The number of nitrogens with two attached hydrogens (primary N) is 1. The highest BCUT2D eigenvalue weighted by atomic mass is 14.9. The predicted octanol–water partition coefficient (Wildman–Crippen LogP) is 3.11. The highest BCUT2D eigenvalue weighted by molar-refractivity contribution is 6.00. The maximum absolute atomic E-state index is 5.99. The molecular weight excluding hydrogens is 248 g/mol. The maximum atomic E-state index is 5.99. The van der Waals surface area contributed by atoms with Crippen molar-refractivity contribution in [2.45, 2.75) is 0 Å². The summed E-state index contributed by atoms with van der Waals surface area (Å²) in [5, 5.41) is 4.50. The van der Waals surface area contributed by atoms with E-state index in [2.05, 4.69) is 33.5 Å². The van der Waals surface area contributed by atoms with Crippen molar-refractivity contribution in [1.29, 1.82) is 0 Å². The second-order valence-corrected chi connectivity index (χ2v) is 4.94. The number of H-pyrrole nitrogens is 1. The first-order valence-corrected chi connectivity index (χ1v) is 6.58. The Morgan fingerprint density at radius 1 is 1.20 bits per heavy atom. The molecule has 1 aliphatic heterocycles. The normalized spacial score (nSPS) is 15.5. The van der Waals surface area contributed by atoms with Gasteiger partial charge in [-0.1, -0.05) is 12.1 Å². The van der Waals surface area contributed by atoms with E-state index in [-0.39, 0.29) is 0 Å². The number of para-hydroxylation sites is 1. The van der Waals surface area contributed by atoms with Crippen LogP contribution in [0.1, 0.15) is 11.1 Å². The van der Waals surface area contributed by atoms with Crippen molar-refractivity contribution >= 4 is 34.1 Å². The van der Waals surface area contributed by atoms with Crippen LogP contribution >= 0.6 is 0 Å². The quantitative estimate of drug-likeness (QED) is 0.590. The number of benzene rings is 1. The Kier molecular flexibility index (Phi) is 2.29. The summed E-state index contributed by atoms with van der Waals surface area (Å²) in [6.07, 6.45) is 5.98. The maximum Gasteiger partial charge on any atom is 0.137 e. The minimum Gasteiger partial charge on any atom is -0.397 e. The third-order valence-electron chi connectivity index (χ3n) is 3.71. The number of nitrogens with one attached hydrogen (secondary N) is 2. The SMILES string of the molecule is Nc1cccc2c1NCC2=Cc1c[nH]c2ncccc12. The molecule has 4 rings (SSSR count). The molecule has 3 heterocycles. The van der Waals surface area contributed by atoms with E-state index in [0.29, 0.717) is 0 Å². The van der Waals surface area contributed by atoms with E-state index < -0.39 is 0 Å². The van der Waals surface area contributed by atoms with Crippen LogP contribution < -0.4 is 11.1 Å². The van der Waals surface area contributed by atoms with Crippen molar-refractivity contribution < 1.29 is 0 Å². The molecule has 0 saturated carbocycles. The number of aromatic nitrogens is 2. The number of hydrogen-bond acceptors (Lipinski definition) is 3. The number of nitrogen functional groups attached to an aromatic ring is 1. The lowest BCUT2D eigenvalue weighted by Gasteiger charge is -2.02. The lowest BCUT2D eigenvalue weighted by atomic mass is 10.0. The summed E-state index contributed by atoms with van der Waals surface area (Å²) in [6, 6.07) is 10.0. The molecule has 0 unspecified atom stereocenters. The van der Waals surface area contributed by atoms with Gasteiger partial charge in [-0.05, 0) is 29.8 Å². The minimum absolute atomic E-state index is 0.798. The summed E-state index contributed by atoms with van der Waals surface area (Å²) in [4.78, 5) is 7.51. The zero-order valence-electron chi connectivity index (χ0n) is 10.9. The van der Waals surface area contributed by atoms with Gasteiger partial charge in [0.2, 0.25) is 0 Å². The second kappa shape index (κ2) is 4.13. The molecule has 0 aliphatic carbocycles. The van der Waals surface area contributed by atoms with Gasteiger partial charge in [-0.15, -0.1) is 0 Å². The average molecular weight is 262 g/mol. The van der Waals surface area contributed by atoms with Crippen molar-refractivity contribution in [3.8, 4) is 0 Å². The monoisotopic (exact) mass is 262 g/mol. The number of fused-ring (bicyclic) bond motifs is 2. The van der Waals surface area contributed by atoms with Crippen LogP contribution in [0.5, 0.6) is 0 Å². The van der Waals surface area contributed by atoms with E-state index in [1.54, 1.807) is 6.20 Å². The molecule has 0 radical (unpaired) electrons. The van der Waals surface area contributed by atoms with Gasteiger partial charge in [0, 0.05) is 35.5 Å². The van der Waals surface area contributed by atoms with E-state index in [4.69, 9.17) is 5.73 Å². The summed E-state index contributed by atoms with van der Waals surface area (Å²) in [5.74, 6) is 0. The Morgan fingerprint density at radius 3 is 3.10 bits per heavy atom. The lowest BCUT2D eigenvalue weighted by molar-refractivity contribution is 1.33. The van der Waals surface area contributed by atoms with Crippen molar-refractivity contribution in [3.05, 3.63) is 53.9 Å². The highest BCUT2D eigenvalue weighted by Gasteiger charge is 2.17. The van der Waals surface area contributed by atoms with Crippen LogP contribution in [0.3, 0.4) is 0 Å². The summed E-state index contributed by atoms with van der Waals surface area (Å²) >= 11 is 0. The molecule has 0 fully saturated rings. The summed E-state index contributed by atoms with van der Waals surface area (Å²) < 4.78 is 0. The van der Waals surface area contributed by atoms with E-state index in [0.717, 1.165) is 34.5 Å². The molecule has 0 saturated heterocycles. The minimum atomic E-state index is 0.798. The fourth-order valence-corrected chi connectivity index (χ4v) is 2.73. The van der Waals surface area contributed by atoms with Crippen LogP contribution in [0.2, 0.25) is 0 Å². The molecule has 0 bridgehead atoms. The molecule has 2 aromatic heterocycles. The van der Waals surface area contributed by atoms with Crippen LogP contribution in [-0.4, -0.2) is 16.5 Å². The molecular formula is C16H14N4. The van der Waals surface area contributed by atoms with Gasteiger partial charge in [0.25, 0.3) is 0 Å². The van der Waals surface area contributed by atoms with Crippen molar-refractivity contribution in [3.63, 3.8) is 0 Å². The summed E-state index contributed by atoms with van der Waals surface area (Å²) in [5.41, 5.74) is 12.3. The second-order valence-electron chi connectivity index (χ2n) is 4.94. The Hall–Kier alpha value is -2.75. The number of pyridine rings is 1. The van der Waals surface area contributed by atoms with E-state index in [1.807, 2.05) is 24.4 Å². The van der Waals surface area contributed by atoms with Crippen LogP contribution in [0.25, 0.3) is 22.7 Å². The van der Waals surface area contributed by atoms with Crippen molar-refractivity contribution in [2.75, 3.05) is 17.6 Å². The fourth-order valence-electron chi connectivity index (χ4n) is 2.73. The molecule has 98 valence electrons. The Labute approximate surface area is 116 Å². The smallest absolute Gasteiger partial charge is 0.137 e. The number of rotatable bonds is 1. The van der Waals surface area contributed by atoms with E-state index in [9.17, 15) is 0 Å². The van der Waals surface area contributed by atoms with Gasteiger partial charge in [-0.25, -0.2) is 4.98 Å². The number of hydrogen-bond donors (Lipinski definition) is 3. The van der Waals surface area contributed by atoms with E-state index in [1.165, 1.54) is 11.1 Å². The number of aromatic amines is 1. The molecule has 4 N–H and O–H groups in total. The van der Waals surface area contributed by atoms with Crippen LogP contribution in [0.15, 0.2) is 42.7 Å². The first-order valence-electron chi connectivity index (χ1n) is 6.58. The first-order chi connectivity index (χ1) is 9.83. The van der Waals surface area contributed by atoms with Gasteiger partial charge in [0.15, 0.2) is 0 Å². The Balaban J connectivity index is 1.85. The molecule has 1 aromatic carbocycles. The lowest BCUT2D eigenvalue weighted by Crippen LogP contribution is -1.95. The van der Waals surface area contributed by atoms with Crippen molar-refractivity contribution in [1.82, 2.24) is 9.97 Å². The topological polar surface area (TPSA) is 66.7 Å². The van der Waals surface area contributed by atoms with Gasteiger partial charge in [-0.3, -0.25) is 0 Å².